The number of hydrogen-bond acceptors (Lipinski definition) is 13. The molecule has 2 aromatic rings. The van der Waals surface area contributed by atoms with Crippen LogP contribution >= 0.6 is 23.5 Å². The van der Waals surface area contributed by atoms with Gasteiger partial charge < -0.3 is 45.6 Å². The molecule has 6 atom stereocenters. The Kier molecular flexibility index (Phi) is 11.4. The van der Waals surface area contributed by atoms with Gasteiger partial charge in [0.2, 0.25) is 0 Å². The smallest absolute Gasteiger partial charge is 0.394 e. The largest absolute Gasteiger partial charge is 0.490 e. The molecule has 17 nitrogen and oxygen atoms in total. The number of phosphoric acid groups is 3. The minimum atomic E-state index is -5.52. The zero-order chi connectivity index (χ0) is 29.6. The Morgan fingerprint density at radius 3 is 1.70 bits per heavy atom. The molecule has 0 amide bonds. The van der Waals surface area contributed by atoms with Gasteiger partial charge in [0, 0.05) is 12.4 Å². The number of phosphoric ester groups is 1. The summed E-state index contributed by atoms with van der Waals surface area (Å²) in [7, 11) is -16.1. The zero-order valence-electron chi connectivity index (χ0n) is 20.9. The lowest BCUT2D eigenvalue weighted by Gasteiger charge is -2.18. The van der Waals surface area contributed by atoms with E-state index in [9.17, 15) is 18.6 Å². The van der Waals surface area contributed by atoms with Gasteiger partial charge in [0.25, 0.3) is 0 Å². The predicted octanol–water partition coefficient (Wildman–Crippen LogP) is 2.10. The lowest BCUT2D eigenvalue weighted by molar-refractivity contribution is 0.00995. The van der Waals surface area contributed by atoms with Crippen LogP contribution in [-0.2, 0) is 36.3 Å². The van der Waals surface area contributed by atoms with Crippen molar-refractivity contribution in [3.05, 3.63) is 47.8 Å². The van der Waals surface area contributed by atoms with E-state index in [0.29, 0.717) is 24.5 Å². The lowest BCUT2D eigenvalue weighted by atomic mass is 10.1. The quantitative estimate of drug-likeness (QED) is 0.185. The summed E-state index contributed by atoms with van der Waals surface area (Å²) in [4.78, 5) is 43.3. The highest BCUT2D eigenvalue weighted by Crippen LogP contribution is 2.66. The van der Waals surface area contributed by atoms with E-state index in [1.807, 2.05) is 6.07 Å². The van der Waals surface area contributed by atoms with E-state index in [-0.39, 0.29) is 24.9 Å². The number of nitrogen functional groups attached to an aromatic ring is 2. The molecule has 2 aromatic heterocycles. The Balaban J connectivity index is 0.000000263. The molecule has 4 heterocycles. The van der Waals surface area contributed by atoms with Crippen LogP contribution in [0.15, 0.2) is 36.7 Å². The van der Waals surface area contributed by atoms with E-state index in [1.54, 1.807) is 24.4 Å². The number of hydrogen-bond donors (Lipinski definition) is 7. The normalized spacial score (nSPS) is 25.9. The van der Waals surface area contributed by atoms with Crippen LogP contribution in [0.5, 0.6) is 0 Å². The molecule has 40 heavy (non-hydrogen) atoms. The van der Waals surface area contributed by atoms with E-state index in [2.05, 4.69) is 23.1 Å². The number of ether oxygens (including phenoxy) is 2. The summed E-state index contributed by atoms with van der Waals surface area (Å²) in [5, 5.41) is 8.91. The predicted molar refractivity (Wildman–Crippen MR) is 138 cm³/mol. The van der Waals surface area contributed by atoms with E-state index >= 15 is 0 Å². The van der Waals surface area contributed by atoms with Crippen LogP contribution in [0.4, 0.5) is 11.6 Å². The molecule has 20 heteroatoms. The van der Waals surface area contributed by atoms with Gasteiger partial charge >= 0.3 is 23.5 Å². The molecule has 0 bridgehead atoms. The third-order valence-corrected chi connectivity index (χ3v) is 9.42. The maximum absolute atomic E-state index is 11.6. The Morgan fingerprint density at radius 2 is 1.27 bits per heavy atom. The van der Waals surface area contributed by atoms with Gasteiger partial charge in [-0.2, -0.15) is 8.62 Å². The number of aromatic nitrogens is 2. The van der Waals surface area contributed by atoms with Crippen molar-refractivity contribution in [2.24, 2.45) is 0 Å². The molecule has 224 valence electrons. The number of aliphatic hydroxyl groups is 1. The minimum Gasteiger partial charge on any atom is -0.394 e. The first-order valence-electron chi connectivity index (χ1n) is 11.8. The zero-order valence-corrected chi connectivity index (χ0v) is 23.6. The van der Waals surface area contributed by atoms with E-state index in [4.69, 9.17) is 40.7 Å². The van der Waals surface area contributed by atoms with Crippen molar-refractivity contribution in [3.63, 3.8) is 0 Å². The Labute approximate surface area is 228 Å². The molecule has 2 aliphatic heterocycles. The number of rotatable bonds is 10. The molecular formula is C20H31N4O13P3. The third-order valence-electron chi connectivity index (χ3n) is 5.62. The van der Waals surface area contributed by atoms with E-state index < -0.39 is 36.2 Å². The second-order valence-corrected chi connectivity index (χ2v) is 13.2. The molecule has 2 aliphatic rings. The van der Waals surface area contributed by atoms with Gasteiger partial charge in [-0.3, -0.25) is 4.52 Å². The van der Waals surface area contributed by atoms with Crippen LogP contribution in [0, 0.1) is 0 Å². The molecule has 0 aliphatic carbocycles. The Hall–Kier alpha value is -1.81. The molecule has 0 aromatic carbocycles. The number of nitrogens with zero attached hydrogens (tertiary/aromatic N) is 2. The molecule has 0 spiro atoms. The fourth-order valence-electron chi connectivity index (χ4n) is 3.85. The summed E-state index contributed by atoms with van der Waals surface area (Å²) in [6, 6.07) is 7.01. The van der Waals surface area contributed by atoms with Crippen LogP contribution < -0.4 is 11.5 Å². The summed E-state index contributed by atoms with van der Waals surface area (Å²) in [5.41, 5.74) is 12.8. The van der Waals surface area contributed by atoms with Crippen LogP contribution in [0.1, 0.15) is 49.0 Å². The first-order valence-corrected chi connectivity index (χ1v) is 16.3. The molecule has 2 saturated heterocycles. The second-order valence-electron chi connectivity index (χ2n) is 8.75. The van der Waals surface area contributed by atoms with Crippen LogP contribution in [0.25, 0.3) is 0 Å². The summed E-state index contributed by atoms with van der Waals surface area (Å²) in [5.74, 6) is 0.862. The monoisotopic (exact) mass is 628 g/mol. The highest BCUT2D eigenvalue weighted by molar-refractivity contribution is 7.66. The van der Waals surface area contributed by atoms with Crippen molar-refractivity contribution in [1.29, 1.82) is 0 Å². The van der Waals surface area contributed by atoms with Crippen LogP contribution in [0.3, 0.4) is 0 Å². The fourth-order valence-corrected chi connectivity index (χ4v) is 6.90. The van der Waals surface area contributed by atoms with Gasteiger partial charge in [-0.15, -0.1) is 0 Å². The molecule has 4 rings (SSSR count). The Morgan fingerprint density at radius 1 is 0.775 bits per heavy atom. The maximum atomic E-state index is 11.6. The van der Waals surface area contributed by atoms with Gasteiger partial charge in [-0.1, -0.05) is 12.1 Å². The molecule has 6 unspecified atom stereocenters. The topological polar surface area (TPSA) is 276 Å². The fraction of sp³-hybridized carbons (Fsp3) is 0.500. The summed E-state index contributed by atoms with van der Waals surface area (Å²) in [6.07, 6.45) is 5.23. The summed E-state index contributed by atoms with van der Waals surface area (Å²) >= 11 is 0. The lowest BCUT2D eigenvalue weighted by Crippen LogP contribution is -2.14. The van der Waals surface area contributed by atoms with E-state index in [1.165, 1.54) is 6.20 Å². The molecule has 9 N–H and O–H groups in total. The highest BCUT2D eigenvalue weighted by Gasteiger charge is 2.41. The first-order chi connectivity index (χ1) is 18.6. The van der Waals surface area contributed by atoms with Crippen LogP contribution in [0.2, 0.25) is 0 Å². The van der Waals surface area contributed by atoms with Crippen molar-refractivity contribution in [3.8, 4) is 0 Å². The van der Waals surface area contributed by atoms with Crippen molar-refractivity contribution >= 4 is 35.1 Å². The SMILES string of the molecule is Nc1ccc(C2CCC(CO)O2)cn1.Nc1ccc(C2CCC(COP(=O)(O)OP(=O)(O)OP(=O)(O)O)O2)cn1. The van der Waals surface area contributed by atoms with Crippen LogP contribution in [-0.4, -0.2) is 60.1 Å². The highest BCUT2D eigenvalue weighted by atomic mass is 31.3. The minimum absolute atomic E-state index is 0.0162. The average molecular weight is 628 g/mol. The average Bonchev–Trinajstić information content (AvgIpc) is 3.52. The number of nitrogens with two attached hydrogens (primary N) is 2. The van der Waals surface area contributed by atoms with Crippen molar-refractivity contribution in [1.82, 2.24) is 9.97 Å². The van der Waals surface area contributed by atoms with E-state index in [0.717, 1.165) is 24.0 Å². The van der Waals surface area contributed by atoms with Gasteiger partial charge in [-0.05, 0) is 48.9 Å². The molecule has 0 saturated carbocycles. The number of aliphatic hydroxyl groups excluding tert-OH is 1. The molecule has 0 radical (unpaired) electrons. The van der Waals surface area contributed by atoms with Gasteiger partial charge in [0.05, 0.1) is 37.6 Å². The van der Waals surface area contributed by atoms with Gasteiger partial charge in [0.1, 0.15) is 11.6 Å². The molecule has 2 fully saturated rings. The van der Waals surface area contributed by atoms with Crippen molar-refractivity contribution in [2.45, 2.75) is 50.1 Å². The first kappa shape index (κ1) is 32.7. The number of anilines is 2. The summed E-state index contributed by atoms with van der Waals surface area (Å²) in [6.45, 7) is -0.374. The number of pyridine rings is 2. The van der Waals surface area contributed by atoms with Crippen molar-refractivity contribution < 1.29 is 61.0 Å². The van der Waals surface area contributed by atoms with Gasteiger partial charge in [-0.25, -0.2) is 23.7 Å². The van der Waals surface area contributed by atoms with Crippen molar-refractivity contribution in [2.75, 3.05) is 24.7 Å². The Bertz CT molecular complexity index is 1250. The standard InChI is InChI=1S/C10H17N2O11P3.C10H14N2O2/c11-10-4-1-7(5-12-10)9-3-2-8(21-9)6-20-25(16,17)23-26(18,19)22-24(13,14)15;11-10-4-1-7(5-12-10)9-3-2-8(6-13)14-9/h1,4-5,8-9H,2-3,6H2,(H2,11,12)(H,16,17)(H,18,19)(H2,13,14,15);1,4-5,8-9,13H,2-3,6H2,(H2,11,12). The maximum Gasteiger partial charge on any atom is 0.490 e. The second kappa shape index (κ2) is 13.9. The third kappa shape index (κ3) is 10.9. The summed E-state index contributed by atoms with van der Waals surface area (Å²) < 4.78 is 56.4. The molecular weight excluding hydrogens is 597 g/mol. The van der Waals surface area contributed by atoms with Gasteiger partial charge in [0.15, 0.2) is 0 Å².